The van der Waals surface area contributed by atoms with E-state index in [0.717, 1.165) is 37.7 Å². The molecule has 0 unspecified atom stereocenters. The quantitative estimate of drug-likeness (QED) is 0.372. The summed E-state index contributed by atoms with van der Waals surface area (Å²) in [6, 6.07) is 9.47. The van der Waals surface area contributed by atoms with Crippen LogP contribution in [-0.4, -0.2) is 72.4 Å². The Balaban J connectivity index is 1.60. The predicted molar refractivity (Wildman–Crippen MR) is 131 cm³/mol. The van der Waals surface area contributed by atoms with Gasteiger partial charge < -0.3 is 33.7 Å². The first-order valence-electron chi connectivity index (χ1n) is 11.9. The zero-order valence-corrected chi connectivity index (χ0v) is 22.0. The van der Waals surface area contributed by atoms with Crippen LogP contribution < -0.4 is 5.32 Å². The fourth-order valence-electron chi connectivity index (χ4n) is 5.05. The molecule has 1 aromatic carbocycles. The molecule has 0 radical (unpaired) electrons. The fraction of sp³-hybridized carbons (Fsp3) is 0.667. The van der Waals surface area contributed by atoms with Crippen molar-refractivity contribution in [1.29, 1.82) is 0 Å². The predicted octanol–water partition coefficient (Wildman–Crippen LogP) is 4.05. The Hall–Kier alpha value is -1.33. The summed E-state index contributed by atoms with van der Waals surface area (Å²) in [6.07, 6.45) is -2.58. The number of ether oxygens (including phenoxy) is 6. The number of nitrogens with one attached hydrogen (secondary N) is 1. The largest absolute Gasteiger partial charge is 0.459 e. The molecule has 1 aliphatic heterocycles. The number of alkyl halides is 3. The first kappa shape index (κ1) is 27.7. The van der Waals surface area contributed by atoms with E-state index >= 15 is 0 Å². The van der Waals surface area contributed by atoms with Gasteiger partial charge in [-0.05, 0) is 18.4 Å². The number of rotatable bonds is 8. The van der Waals surface area contributed by atoms with Gasteiger partial charge in [0, 0.05) is 13.2 Å². The molecule has 0 spiro atoms. The van der Waals surface area contributed by atoms with Gasteiger partial charge in [0.1, 0.15) is 24.4 Å². The van der Waals surface area contributed by atoms with Gasteiger partial charge in [0.05, 0.1) is 6.61 Å². The third-order valence-corrected chi connectivity index (χ3v) is 7.25. The smallest absolute Gasteiger partial charge is 0.407 e. The van der Waals surface area contributed by atoms with Gasteiger partial charge in [-0.2, -0.15) is 0 Å². The lowest BCUT2D eigenvalue weighted by Gasteiger charge is -2.45. The minimum Gasteiger partial charge on any atom is -0.459 e. The highest BCUT2D eigenvalue weighted by molar-refractivity contribution is 6.67. The summed E-state index contributed by atoms with van der Waals surface area (Å²) >= 11 is 18.1. The van der Waals surface area contributed by atoms with Crippen molar-refractivity contribution in [3.63, 3.8) is 0 Å². The molecule has 1 saturated heterocycles. The molecule has 12 heteroatoms. The van der Waals surface area contributed by atoms with Gasteiger partial charge >= 0.3 is 6.09 Å². The molecule has 1 heterocycles. The molecule has 4 rings (SSSR count). The number of methoxy groups -OCH3 is 1. The Morgan fingerprint density at radius 2 is 1.69 bits per heavy atom. The van der Waals surface area contributed by atoms with Gasteiger partial charge in [-0.15, -0.1) is 0 Å². The van der Waals surface area contributed by atoms with Crippen LogP contribution >= 0.6 is 34.8 Å². The van der Waals surface area contributed by atoms with Crippen molar-refractivity contribution in [2.45, 2.75) is 91.5 Å². The maximum absolute atomic E-state index is 13.0. The number of benzene rings is 1. The van der Waals surface area contributed by atoms with E-state index in [1.165, 1.54) is 7.11 Å². The number of halogens is 3. The number of hydrogen-bond acceptors (Lipinski definition) is 8. The molecule has 0 aromatic heterocycles. The Bertz CT molecular complexity index is 867. The molecule has 7 atom stereocenters. The zero-order chi connectivity index (χ0) is 25.7. The lowest BCUT2D eigenvalue weighted by Crippen LogP contribution is -2.65. The third-order valence-electron chi connectivity index (χ3n) is 6.71. The zero-order valence-electron chi connectivity index (χ0n) is 19.7. The van der Waals surface area contributed by atoms with E-state index in [4.69, 9.17) is 63.2 Å². The normalized spacial score (nSPS) is 32.9. The Labute approximate surface area is 224 Å². The van der Waals surface area contributed by atoms with E-state index in [0.29, 0.717) is 0 Å². The van der Waals surface area contributed by atoms with Crippen molar-refractivity contribution in [1.82, 2.24) is 5.32 Å². The van der Waals surface area contributed by atoms with Gasteiger partial charge in [-0.25, -0.2) is 4.79 Å². The van der Waals surface area contributed by atoms with Crippen molar-refractivity contribution in [2.24, 2.45) is 0 Å². The highest BCUT2D eigenvalue weighted by Gasteiger charge is 2.62. The Morgan fingerprint density at radius 1 is 1.03 bits per heavy atom. The Kier molecular flexibility index (Phi) is 9.60. The van der Waals surface area contributed by atoms with Crippen LogP contribution in [-0.2, 0) is 39.8 Å². The standard InChI is InChI=1S/C24H30Cl3NO8/c1-31-16-17(32-12-14-8-4-2-5-9-14)20(36-23(30)28-15-10-6-3-7-11-15)21-19(18(16)33-13-29)34-22(35-21)24(25,26)27/h2,4-5,8-9,13,15-22H,3,6-7,10-12H2,1H3,(H,28,30)/t16-,17+,18+,19-,20-,21-,22+/m1/s1. The summed E-state index contributed by atoms with van der Waals surface area (Å²) in [4.78, 5) is 24.4. The van der Waals surface area contributed by atoms with E-state index < -0.39 is 52.8 Å². The van der Waals surface area contributed by atoms with Crippen LogP contribution in [0.3, 0.4) is 0 Å². The first-order valence-corrected chi connectivity index (χ1v) is 13.1. The van der Waals surface area contributed by atoms with Gasteiger partial charge in [0.15, 0.2) is 12.2 Å². The lowest BCUT2D eigenvalue weighted by atomic mass is 9.84. The summed E-state index contributed by atoms with van der Waals surface area (Å²) < 4.78 is 33.0. The second kappa shape index (κ2) is 12.5. The van der Waals surface area contributed by atoms with Gasteiger partial charge in [0.2, 0.25) is 10.1 Å². The maximum Gasteiger partial charge on any atom is 0.407 e. The van der Waals surface area contributed by atoms with E-state index in [-0.39, 0.29) is 19.1 Å². The van der Waals surface area contributed by atoms with Crippen LogP contribution in [0.1, 0.15) is 37.7 Å². The van der Waals surface area contributed by atoms with E-state index in [9.17, 15) is 9.59 Å². The number of carbonyl (C=O) groups excluding carboxylic acids is 2. The molecule has 2 saturated carbocycles. The number of amides is 1. The molecule has 9 nitrogen and oxygen atoms in total. The van der Waals surface area contributed by atoms with Crippen LogP contribution in [0, 0.1) is 0 Å². The fourth-order valence-corrected chi connectivity index (χ4v) is 5.36. The topological polar surface area (TPSA) is 102 Å². The molecule has 2 aliphatic carbocycles. The van der Waals surface area contributed by atoms with Crippen molar-refractivity contribution >= 4 is 47.4 Å². The number of carbonyl (C=O) groups is 2. The summed E-state index contributed by atoms with van der Waals surface area (Å²) in [5.41, 5.74) is 0.885. The monoisotopic (exact) mass is 565 g/mol. The van der Waals surface area contributed by atoms with Crippen molar-refractivity contribution in [3.05, 3.63) is 35.9 Å². The number of hydrogen-bond donors (Lipinski definition) is 1. The van der Waals surface area contributed by atoms with E-state index in [1.807, 2.05) is 30.3 Å². The van der Waals surface area contributed by atoms with Crippen LogP contribution in [0.2, 0.25) is 0 Å². The SMILES string of the molecule is CO[C@H]1[C@H](OC=O)[C@H]2O[C@H](C(Cl)(Cl)Cl)O[C@H]2[C@H](OC(=O)NC2CCCCC2)[C@H]1OCc1ccccc1. The second-order valence-electron chi connectivity index (χ2n) is 9.08. The molecule has 1 aromatic rings. The van der Waals surface area contributed by atoms with Crippen molar-refractivity contribution in [2.75, 3.05) is 7.11 Å². The molecular weight excluding hydrogens is 537 g/mol. The lowest BCUT2D eigenvalue weighted by molar-refractivity contribution is -0.224. The third kappa shape index (κ3) is 6.56. The highest BCUT2D eigenvalue weighted by atomic mass is 35.6. The second-order valence-corrected chi connectivity index (χ2v) is 11.5. The van der Waals surface area contributed by atoms with Gasteiger partial charge in [-0.1, -0.05) is 84.4 Å². The van der Waals surface area contributed by atoms with Crippen LogP contribution in [0.25, 0.3) is 0 Å². The summed E-state index contributed by atoms with van der Waals surface area (Å²) in [6.45, 7) is 0.459. The van der Waals surface area contributed by atoms with Crippen molar-refractivity contribution in [3.8, 4) is 0 Å². The molecule has 3 fully saturated rings. The summed E-state index contributed by atoms with van der Waals surface area (Å²) in [7, 11) is 1.44. The van der Waals surface area contributed by atoms with E-state index in [2.05, 4.69) is 5.32 Å². The molecule has 1 amide bonds. The molecular formula is C24H30Cl3NO8. The van der Waals surface area contributed by atoms with Gasteiger partial charge in [0.25, 0.3) is 6.47 Å². The summed E-state index contributed by atoms with van der Waals surface area (Å²) in [5, 5.41) is 2.93. The minimum atomic E-state index is -1.94. The highest BCUT2D eigenvalue weighted by Crippen LogP contribution is 2.44. The van der Waals surface area contributed by atoms with Crippen LogP contribution in [0.4, 0.5) is 4.79 Å². The molecule has 200 valence electrons. The average Bonchev–Trinajstić information content (AvgIpc) is 3.32. The van der Waals surface area contributed by atoms with Crippen LogP contribution in [0.5, 0.6) is 0 Å². The van der Waals surface area contributed by atoms with Gasteiger partial charge in [-0.3, -0.25) is 4.79 Å². The Morgan fingerprint density at radius 3 is 2.31 bits per heavy atom. The number of fused-ring (bicyclic) bond motifs is 1. The number of alkyl carbamates (subject to hydrolysis) is 1. The van der Waals surface area contributed by atoms with Crippen LogP contribution in [0.15, 0.2) is 30.3 Å². The molecule has 3 aliphatic rings. The molecule has 1 N–H and O–H groups in total. The van der Waals surface area contributed by atoms with Crippen molar-refractivity contribution < 1.29 is 38.0 Å². The summed E-state index contributed by atoms with van der Waals surface area (Å²) in [5.74, 6) is 0. The molecule has 36 heavy (non-hydrogen) atoms. The molecule has 0 bridgehead atoms. The maximum atomic E-state index is 13.0. The van der Waals surface area contributed by atoms with E-state index in [1.54, 1.807) is 0 Å². The minimum absolute atomic E-state index is 0.0216. The first-order chi connectivity index (χ1) is 17.3. The average molecular weight is 567 g/mol.